The van der Waals surface area contributed by atoms with Crippen LogP contribution in [0.1, 0.15) is 30.2 Å². The lowest BCUT2D eigenvalue weighted by Gasteiger charge is -2.06. The number of hydrogen-bond donors (Lipinski definition) is 1. The van der Waals surface area contributed by atoms with Gasteiger partial charge in [-0.2, -0.15) is 0 Å². The molecule has 20 heavy (non-hydrogen) atoms. The lowest BCUT2D eigenvalue weighted by Crippen LogP contribution is -2.12. The van der Waals surface area contributed by atoms with Crippen LogP contribution in [0.25, 0.3) is 10.1 Å². The zero-order chi connectivity index (χ0) is 14.2. The highest BCUT2D eigenvalue weighted by molar-refractivity contribution is 7.19. The van der Waals surface area contributed by atoms with Crippen molar-refractivity contribution in [3.05, 3.63) is 47.4 Å². The molecule has 0 atom stereocenters. The summed E-state index contributed by atoms with van der Waals surface area (Å²) in [7, 11) is 0. The Hall–Kier alpha value is -1.16. The summed E-state index contributed by atoms with van der Waals surface area (Å²) in [5, 5.41) is 4.76. The van der Waals surface area contributed by atoms with Gasteiger partial charge in [0.1, 0.15) is 0 Å². The second kappa shape index (κ2) is 8.20. The smallest absolute Gasteiger partial charge is 0.0734 e. The van der Waals surface area contributed by atoms with Gasteiger partial charge in [-0.15, -0.1) is 17.9 Å². The molecule has 1 N–H and O–H groups in total. The fourth-order valence-electron chi connectivity index (χ4n) is 2.19. The Labute approximate surface area is 125 Å². The van der Waals surface area contributed by atoms with Crippen LogP contribution in [-0.2, 0) is 17.9 Å². The Balaban J connectivity index is 2.08. The first kappa shape index (κ1) is 15.2. The van der Waals surface area contributed by atoms with Gasteiger partial charge in [0.15, 0.2) is 0 Å². The van der Waals surface area contributed by atoms with Crippen LogP contribution in [0.2, 0.25) is 0 Å². The van der Waals surface area contributed by atoms with Crippen molar-refractivity contribution in [2.45, 2.75) is 32.9 Å². The molecule has 3 heteroatoms. The molecule has 0 saturated heterocycles. The van der Waals surface area contributed by atoms with Crippen molar-refractivity contribution < 1.29 is 4.74 Å². The summed E-state index contributed by atoms with van der Waals surface area (Å²) in [5.74, 6) is 0. The SMILES string of the molecule is C=CCCCOCc1c(CNCC)sc2ccccc12. The van der Waals surface area contributed by atoms with Gasteiger partial charge in [-0.05, 0) is 30.8 Å². The number of hydrogen-bond acceptors (Lipinski definition) is 3. The molecular formula is C17H23NOS. The van der Waals surface area contributed by atoms with Gasteiger partial charge in [0.05, 0.1) is 6.61 Å². The topological polar surface area (TPSA) is 21.3 Å². The minimum absolute atomic E-state index is 0.710. The largest absolute Gasteiger partial charge is 0.377 e. The Kier molecular flexibility index (Phi) is 6.25. The van der Waals surface area contributed by atoms with Gasteiger partial charge in [0.2, 0.25) is 0 Å². The normalized spacial score (nSPS) is 11.1. The molecule has 1 heterocycles. The van der Waals surface area contributed by atoms with Gasteiger partial charge in [-0.3, -0.25) is 0 Å². The first-order valence-corrected chi connectivity index (χ1v) is 8.07. The zero-order valence-electron chi connectivity index (χ0n) is 12.2. The molecule has 0 radical (unpaired) electrons. The van der Waals surface area contributed by atoms with Crippen molar-refractivity contribution in [2.75, 3.05) is 13.2 Å². The van der Waals surface area contributed by atoms with Gasteiger partial charge in [0, 0.05) is 28.3 Å². The lowest BCUT2D eigenvalue weighted by molar-refractivity contribution is 0.119. The zero-order valence-corrected chi connectivity index (χ0v) is 13.0. The molecule has 108 valence electrons. The van der Waals surface area contributed by atoms with E-state index in [2.05, 4.69) is 43.1 Å². The minimum atomic E-state index is 0.710. The third-order valence-corrected chi connectivity index (χ3v) is 4.47. The standard InChI is InChI=1S/C17H23NOS/c1-3-5-8-11-19-13-15-14-9-6-7-10-16(14)20-17(15)12-18-4-2/h3,6-7,9-10,18H,1,4-5,8,11-13H2,2H3. The lowest BCUT2D eigenvalue weighted by atomic mass is 10.1. The average molecular weight is 289 g/mol. The van der Waals surface area contributed by atoms with Crippen LogP contribution < -0.4 is 5.32 Å². The van der Waals surface area contributed by atoms with Crippen molar-refractivity contribution in [1.29, 1.82) is 0 Å². The second-order valence-electron chi connectivity index (χ2n) is 4.76. The molecule has 2 nitrogen and oxygen atoms in total. The molecule has 1 aromatic carbocycles. The molecule has 0 fully saturated rings. The van der Waals surface area contributed by atoms with Gasteiger partial charge in [-0.25, -0.2) is 0 Å². The Morgan fingerprint density at radius 2 is 2.20 bits per heavy atom. The maximum Gasteiger partial charge on any atom is 0.0734 e. The van der Waals surface area contributed by atoms with Crippen molar-refractivity contribution in [2.24, 2.45) is 0 Å². The van der Waals surface area contributed by atoms with Crippen LogP contribution in [0.5, 0.6) is 0 Å². The molecule has 0 aliphatic heterocycles. The highest BCUT2D eigenvalue weighted by Gasteiger charge is 2.11. The molecule has 2 aromatic rings. The number of ether oxygens (including phenoxy) is 1. The summed E-state index contributed by atoms with van der Waals surface area (Å²) in [5.41, 5.74) is 1.35. The van der Waals surface area contributed by atoms with E-state index in [1.807, 2.05) is 17.4 Å². The number of unbranched alkanes of at least 4 members (excludes halogenated alkanes) is 1. The summed E-state index contributed by atoms with van der Waals surface area (Å²) in [6, 6.07) is 8.60. The highest BCUT2D eigenvalue weighted by atomic mass is 32.1. The Morgan fingerprint density at radius 3 is 3.00 bits per heavy atom. The third-order valence-electron chi connectivity index (χ3n) is 3.26. The third kappa shape index (κ3) is 3.92. The summed E-state index contributed by atoms with van der Waals surface area (Å²) in [6.07, 6.45) is 4.02. The van der Waals surface area contributed by atoms with Gasteiger partial charge in [-0.1, -0.05) is 31.2 Å². The highest BCUT2D eigenvalue weighted by Crippen LogP contribution is 2.31. The molecule has 2 rings (SSSR count). The summed E-state index contributed by atoms with van der Waals surface area (Å²) in [6.45, 7) is 9.31. The number of thiophene rings is 1. The van der Waals surface area contributed by atoms with Gasteiger partial charge >= 0.3 is 0 Å². The van der Waals surface area contributed by atoms with Crippen molar-refractivity contribution >= 4 is 21.4 Å². The van der Waals surface area contributed by atoms with E-state index in [1.165, 1.54) is 20.5 Å². The van der Waals surface area contributed by atoms with E-state index in [0.717, 1.165) is 32.5 Å². The summed E-state index contributed by atoms with van der Waals surface area (Å²) in [4.78, 5) is 1.40. The number of rotatable bonds is 9. The molecule has 0 saturated carbocycles. The van der Waals surface area contributed by atoms with Crippen molar-refractivity contribution in [1.82, 2.24) is 5.32 Å². The molecule has 0 spiro atoms. The van der Waals surface area contributed by atoms with Crippen LogP contribution in [0, 0.1) is 0 Å². The van der Waals surface area contributed by atoms with E-state index in [9.17, 15) is 0 Å². The van der Waals surface area contributed by atoms with E-state index in [0.29, 0.717) is 6.61 Å². The average Bonchev–Trinajstić information content (AvgIpc) is 2.83. The van der Waals surface area contributed by atoms with Gasteiger partial charge < -0.3 is 10.1 Å². The quantitative estimate of drug-likeness (QED) is 0.542. The van der Waals surface area contributed by atoms with E-state index in [4.69, 9.17) is 4.74 Å². The molecule has 0 aliphatic rings. The van der Waals surface area contributed by atoms with Crippen LogP contribution in [-0.4, -0.2) is 13.2 Å². The Morgan fingerprint density at radius 1 is 1.35 bits per heavy atom. The number of allylic oxidation sites excluding steroid dienone is 1. The van der Waals surface area contributed by atoms with Crippen LogP contribution >= 0.6 is 11.3 Å². The van der Waals surface area contributed by atoms with Crippen LogP contribution in [0.3, 0.4) is 0 Å². The fourth-order valence-corrected chi connectivity index (χ4v) is 3.37. The maximum absolute atomic E-state index is 5.84. The maximum atomic E-state index is 5.84. The molecule has 0 unspecified atom stereocenters. The first-order valence-electron chi connectivity index (χ1n) is 7.25. The van der Waals surface area contributed by atoms with Gasteiger partial charge in [0.25, 0.3) is 0 Å². The fraction of sp³-hybridized carbons (Fsp3) is 0.412. The summed E-state index contributed by atoms with van der Waals surface area (Å²) >= 11 is 1.87. The molecular weight excluding hydrogens is 266 g/mol. The van der Waals surface area contributed by atoms with E-state index in [-0.39, 0.29) is 0 Å². The monoisotopic (exact) mass is 289 g/mol. The first-order chi connectivity index (χ1) is 9.86. The van der Waals surface area contributed by atoms with E-state index >= 15 is 0 Å². The Bertz CT molecular complexity index is 547. The predicted octanol–water partition coefficient (Wildman–Crippen LogP) is 4.49. The van der Waals surface area contributed by atoms with E-state index < -0.39 is 0 Å². The molecule has 0 bridgehead atoms. The van der Waals surface area contributed by atoms with E-state index in [1.54, 1.807) is 0 Å². The van der Waals surface area contributed by atoms with Crippen molar-refractivity contribution in [3.8, 4) is 0 Å². The van der Waals surface area contributed by atoms with Crippen LogP contribution in [0.15, 0.2) is 36.9 Å². The summed E-state index contributed by atoms with van der Waals surface area (Å²) < 4.78 is 7.19. The van der Waals surface area contributed by atoms with Crippen molar-refractivity contribution in [3.63, 3.8) is 0 Å². The predicted molar refractivity (Wildman–Crippen MR) is 88.3 cm³/mol. The number of fused-ring (bicyclic) bond motifs is 1. The van der Waals surface area contributed by atoms with Crippen LogP contribution in [0.4, 0.5) is 0 Å². The number of benzene rings is 1. The number of nitrogens with one attached hydrogen (secondary N) is 1. The second-order valence-corrected chi connectivity index (χ2v) is 5.90. The molecule has 1 aromatic heterocycles. The molecule has 0 aliphatic carbocycles. The minimum Gasteiger partial charge on any atom is -0.377 e. The molecule has 0 amide bonds.